The number of thioether (sulfide) groups is 1. The molecule has 15 heavy (non-hydrogen) atoms. The van der Waals surface area contributed by atoms with Gasteiger partial charge in [0.05, 0.1) is 13.2 Å². The molecule has 0 aliphatic carbocycles. The smallest absolute Gasteiger partial charge is 0.0862 e. The summed E-state index contributed by atoms with van der Waals surface area (Å²) in [5, 5.41) is 0. The molecule has 1 aromatic carbocycles. The molecule has 0 amide bonds. The Morgan fingerprint density at radius 2 is 1.80 bits per heavy atom. The van der Waals surface area contributed by atoms with Gasteiger partial charge in [-0.1, -0.05) is 19.1 Å². The monoisotopic (exact) mass is 226 g/mol. The molecule has 0 saturated heterocycles. The molecule has 0 unspecified atom stereocenters. The highest BCUT2D eigenvalue weighted by Crippen LogP contribution is 2.17. The first-order chi connectivity index (χ1) is 7.36. The van der Waals surface area contributed by atoms with Crippen molar-refractivity contribution in [2.24, 2.45) is 0 Å². The summed E-state index contributed by atoms with van der Waals surface area (Å²) < 4.78 is 0. The van der Waals surface area contributed by atoms with Crippen LogP contribution in [0.1, 0.15) is 19.4 Å². The molecule has 0 spiro atoms. The lowest BCUT2D eigenvalue weighted by Crippen LogP contribution is -1.99. The molecule has 0 saturated carbocycles. The zero-order chi connectivity index (χ0) is 10.9. The molecular weight excluding hydrogens is 208 g/mol. The predicted molar refractivity (Wildman–Crippen MR) is 64.1 cm³/mol. The molecule has 0 radical (unpaired) electrons. The summed E-state index contributed by atoms with van der Waals surface area (Å²) in [4.78, 5) is 11.1. The van der Waals surface area contributed by atoms with Gasteiger partial charge in [-0.2, -0.15) is 0 Å². The van der Waals surface area contributed by atoms with Gasteiger partial charge in [0.2, 0.25) is 0 Å². The minimum atomic E-state index is 0.603. The first-order valence-electron chi connectivity index (χ1n) is 5.33. The molecule has 1 aromatic rings. The van der Waals surface area contributed by atoms with Gasteiger partial charge in [0.15, 0.2) is 0 Å². The lowest BCUT2D eigenvalue weighted by Gasteiger charge is -2.03. The standard InChI is InChI=1S/C12H18O2S/c1-3-13-14-10-9-11-5-7-12(8-6-11)15-4-2/h5-8H,3-4,9-10H2,1-2H3. The van der Waals surface area contributed by atoms with E-state index in [1.165, 1.54) is 10.5 Å². The van der Waals surface area contributed by atoms with Crippen molar-refractivity contribution in [3.8, 4) is 0 Å². The molecule has 84 valence electrons. The van der Waals surface area contributed by atoms with Crippen molar-refractivity contribution in [2.45, 2.75) is 25.2 Å². The van der Waals surface area contributed by atoms with E-state index in [9.17, 15) is 0 Å². The fourth-order valence-corrected chi connectivity index (χ4v) is 1.88. The molecule has 0 fully saturated rings. The molecule has 1 rings (SSSR count). The minimum absolute atomic E-state index is 0.603. The molecule has 3 heteroatoms. The van der Waals surface area contributed by atoms with Gasteiger partial charge >= 0.3 is 0 Å². The van der Waals surface area contributed by atoms with Gasteiger partial charge in [-0.15, -0.1) is 11.8 Å². The third-order valence-corrected chi connectivity index (χ3v) is 2.80. The van der Waals surface area contributed by atoms with Gasteiger partial charge in [-0.25, -0.2) is 9.78 Å². The molecule has 2 nitrogen and oxygen atoms in total. The third-order valence-electron chi connectivity index (χ3n) is 1.91. The number of rotatable bonds is 7. The first-order valence-corrected chi connectivity index (χ1v) is 6.31. The maximum Gasteiger partial charge on any atom is 0.0862 e. The Morgan fingerprint density at radius 3 is 2.40 bits per heavy atom. The summed E-state index contributed by atoms with van der Waals surface area (Å²) in [5.74, 6) is 1.12. The van der Waals surface area contributed by atoms with Crippen LogP contribution in [0.5, 0.6) is 0 Å². The largest absolute Gasteiger partial charge is 0.237 e. The summed E-state index contributed by atoms with van der Waals surface area (Å²) in [6, 6.07) is 8.61. The van der Waals surface area contributed by atoms with Gasteiger partial charge in [0, 0.05) is 4.90 Å². The van der Waals surface area contributed by atoms with Crippen molar-refractivity contribution in [1.29, 1.82) is 0 Å². The Hall–Kier alpha value is -0.510. The number of hydrogen-bond acceptors (Lipinski definition) is 3. The van der Waals surface area contributed by atoms with Gasteiger partial charge in [-0.05, 0) is 36.8 Å². The van der Waals surface area contributed by atoms with Crippen LogP contribution in [0, 0.1) is 0 Å². The van der Waals surface area contributed by atoms with E-state index in [1.54, 1.807) is 0 Å². The van der Waals surface area contributed by atoms with Crippen LogP contribution in [0.3, 0.4) is 0 Å². The van der Waals surface area contributed by atoms with Gasteiger partial charge in [-0.3, -0.25) is 0 Å². The molecule has 0 atom stereocenters. The fourth-order valence-electron chi connectivity index (χ4n) is 1.22. The zero-order valence-corrected chi connectivity index (χ0v) is 10.2. The Kier molecular flexibility index (Phi) is 6.48. The second kappa shape index (κ2) is 7.74. The summed E-state index contributed by atoms with van der Waals surface area (Å²) in [5.41, 5.74) is 1.29. The van der Waals surface area contributed by atoms with Gasteiger partial charge < -0.3 is 0 Å². The van der Waals surface area contributed by atoms with Gasteiger partial charge in [0.25, 0.3) is 0 Å². The fraction of sp³-hybridized carbons (Fsp3) is 0.500. The van der Waals surface area contributed by atoms with Crippen LogP contribution in [0.4, 0.5) is 0 Å². The molecule has 0 aromatic heterocycles. The summed E-state index contributed by atoms with van der Waals surface area (Å²) in [7, 11) is 0. The molecule has 0 N–H and O–H groups in total. The number of benzene rings is 1. The van der Waals surface area contributed by atoms with Crippen LogP contribution in [-0.4, -0.2) is 19.0 Å². The van der Waals surface area contributed by atoms with Crippen LogP contribution in [-0.2, 0) is 16.2 Å². The van der Waals surface area contributed by atoms with Crippen molar-refractivity contribution in [3.05, 3.63) is 29.8 Å². The van der Waals surface area contributed by atoms with Crippen LogP contribution < -0.4 is 0 Å². The van der Waals surface area contributed by atoms with Crippen LogP contribution in [0.15, 0.2) is 29.2 Å². The van der Waals surface area contributed by atoms with Crippen molar-refractivity contribution in [3.63, 3.8) is 0 Å². The summed E-state index contributed by atoms with van der Waals surface area (Å²) >= 11 is 1.86. The molecule has 0 aliphatic rings. The minimum Gasteiger partial charge on any atom is -0.237 e. The average Bonchev–Trinajstić information content (AvgIpc) is 2.27. The zero-order valence-electron chi connectivity index (χ0n) is 9.36. The van der Waals surface area contributed by atoms with Crippen molar-refractivity contribution in [2.75, 3.05) is 19.0 Å². The lowest BCUT2D eigenvalue weighted by atomic mass is 10.2. The second-order valence-corrected chi connectivity index (χ2v) is 4.39. The Labute approximate surface area is 95.9 Å². The third kappa shape index (κ3) is 5.21. The summed E-state index contributed by atoms with van der Waals surface area (Å²) in [6.07, 6.45) is 0.900. The quantitative estimate of drug-likeness (QED) is 0.307. The van der Waals surface area contributed by atoms with E-state index in [0.29, 0.717) is 13.2 Å². The van der Waals surface area contributed by atoms with E-state index in [4.69, 9.17) is 9.78 Å². The van der Waals surface area contributed by atoms with E-state index >= 15 is 0 Å². The van der Waals surface area contributed by atoms with E-state index < -0.39 is 0 Å². The second-order valence-electron chi connectivity index (χ2n) is 3.06. The predicted octanol–water partition coefficient (Wildman–Crippen LogP) is 3.31. The highest BCUT2D eigenvalue weighted by Gasteiger charge is 1.95. The normalized spacial score (nSPS) is 10.5. The maximum atomic E-state index is 4.96. The van der Waals surface area contributed by atoms with Crippen LogP contribution in [0.25, 0.3) is 0 Å². The highest BCUT2D eigenvalue weighted by molar-refractivity contribution is 7.99. The molecule has 0 bridgehead atoms. The Morgan fingerprint density at radius 1 is 1.07 bits per heavy atom. The van der Waals surface area contributed by atoms with E-state index in [-0.39, 0.29) is 0 Å². The average molecular weight is 226 g/mol. The van der Waals surface area contributed by atoms with Crippen LogP contribution in [0.2, 0.25) is 0 Å². The lowest BCUT2D eigenvalue weighted by molar-refractivity contribution is -0.290. The molecule has 0 heterocycles. The van der Waals surface area contributed by atoms with Crippen molar-refractivity contribution < 1.29 is 9.78 Å². The Balaban J connectivity index is 2.29. The summed E-state index contributed by atoms with van der Waals surface area (Å²) in [6.45, 7) is 5.30. The topological polar surface area (TPSA) is 18.5 Å². The van der Waals surface area contributed by atoms with E-state index in [0.717, 1.165) is 12.2 Å². The maximum absolute atomic E-state index is 4.96. The first kappa shape index (κ1) is 12.6. The van der Waals surface area contributed by atoms with E-state index in [1.807, 2.05) is 18.7 Å². The molecule has 0 aliphatic heterocycles. The Bertz CT molecular complexity index is 259. The highest BCUT2D eigenvalue weighted by atomic mass is 32.2. The van der Waals surface area contributed by atoms with Crippen molar-refractivity contribution in [1.82, 2.24) is 0 Å². The van der Waals surface area contributed by atoms with Crippen LogP contribution >= 0.6 is 11.8 Å². The van der Waals surface area contributed by atoms with Crippen molar-refractivity contribution >= 4 is 11.8 Å². The van der Waals surface area contributed by atoms with Gasteiger partial charge in [0.1, 0.15) is 0 Å². The molecular formula is C12H18O2S. The SMILES string of the molecule is CCOOCCc1ccc(SCC)cc1. The van der Waals surface area contributed by atoms with E-state index in [2.05, 4.69) is 31.2 Å². The number of hydrogen-bond donors (Lipinski definition) is 0.